The molecule has 0 fully saturated rings. The summed E-state index contributed by atoms with van der Waals surface area (Å²) in [6.45, 7) is 0. The van der Waals surface area contributed by atoms with Gasteiger partial charge in [-0.05, 0) is 54.0 Å². The standard InChI is InChI=1S/C19H19N3O/c23-19(21-15-9-8-14-10-11-20-18(14)12-15)22-17-7-3-5-13-4-1-2-6-16(13)17/h1-2,4,6,8-12,17,20H,3,5,7H2,(H2,21,22,23). The van der Waals surface area contributed by atoms with Gasteiger partial charge in [0.1, 0.15) is 0 Å². The molecular weight excluding hydrogens is 286 g/mol. The molecule has 1 heterocycles. The molecular formula is C19H19N3O. The topological polar surface area (TPSA) is 56.9 Å². The molecule has 1 unspecified atom stereocenters. The number of hydrogen-bond acceptors (Lipinski definition) is 1. The number of hydrogen-bond donors (Lipinski definition) is 3. The van der Waals surface area contributed by atoms with Gasteiger partial charge in [-0.15, -0.1) is 0 Å². The average Bonchev–Trinajstić information content (AvgIpc) is 3.03. The van der Waals surface area contributed by atoms with Crippen molar-refractivity contribution in [3.8, 4) is 0 Å². The molecule has 4 heteroatoms. The van der Waals surface area contributed by atoms with Gasteiger partial charge in [0, 0.05) is 17.4 Å². The van der Waals surface area contributed by atoms with Crippen LogP contribution in [0, 0.1) is 0 Å². The third-order valence-corrected chi connectivity index (χ3v) is 4.49. The lowest BCUT2D eigenvalue weighted by Gasteiger charge is -2.26. The van der Waals surface area contributed by atoms with E-state index in [9.17, 15) is 4.79 Å². The molecule has 2 aromatic carbocycles. The van der Waals surface area contributed by atoms with Crippen LogP contribution in [0.15, 0.2) is 54.7 Å². The first-order valence-electron chi connectivity index (χ1n) is 8.02. The normalized spacial score (nSPS) is 16.8. The quantitative estimate of drug-likeness (QED) is 0.647. The van der Waals surface area contributed by atoms with Gasteiger partial charge in [-0.25, -0.2) is 4.79 Å². The van der Waals surface area contributed by atoms with E-state index < -0.39 is 0 Å². The fourth-order valence-corrected chi connectivity index (χ4v) is 3.35. The molecule has 1 aliphatic carbocycles. The number of carbonyl (C=O) groups excluding carboxylic acids is 1. The zero-order valence-electron chi connectivity index (χ0n) is 12.8. The predicted octanol–water partition coefficient (Wildman–Crippen LogP) is 4.37. The van der Waals surface area contributed by atoms with Crippen molar-refractivity contribution < 1.29 is 4.79 Å². The lowest BCUT2D eigenvalue weighted by Crippen LogP contribution is -2.34. The number of amides is 2. The molecule has 1 aliphatic rings. The summed E-state index contributed by atoms with van der Waals surface area (Å²) in [5, 5.41) is 7.17. The van der Waals surface area contributed by atoms with Crippen molar-refractivity contribution in [1.29, 1.82) is 0 Å². The molecule has 0 saturated carbocycles. The molecule has 2 amide bonds. The van der Waals surface area contributed by atoms with Crippen molar-refractivity contribution >= 4 is 22.6 Å². The summed E-state index contributed by atoms with van der Waals surface area (Å²) in [5.74, 6) is 0. The highest BCUT2D eigenvalue weighted by molar-refractivity contribution is 5.92. The molecule has 0 aliphatic heterocycles. The van der Waals surface area contributed by atoms with Crippen LogP contribution in [0.3, 0.4) is 0 Å². The predicted molar refractivity (Wildman–Crippen MR) is 92.6 cm³/mol. The second-order valence-electron chi connectivity index (χ2n) is 6.02. The van der Waals surface area contributed by atoms with E-state index in [1.165, 1.54) is 11.1 Å². The minimum absolute atomic E-state index is 0.0918. The van der Waals surface area contributed by atoms with E-state index in [4.69, 9.17) is 0 Å². The monoisotopic (exact) mass is 305 g/mol. The van der Waals surface area contributed by atoms with Gasteiger partial charge in [0.15, 0.2) is 0 Å². The van der Waals surface area contributed by atoms with Crippen LogP contribution in [0.2, 0.25) is 0 Å². The molecule has 0 radical (unpaired) electrons. The summed E-state index contributed by atoms with van der Waals surface area (Å²) < 4.78 is 0. The van der Waals surface area contributed by atoms with Crippen LogP contribution in [-0.2, 0) is 6.42 Å². The Hall–Kier alpha value is -2.75. The molecule has 4 rings (SSSR count). The number of fused-ring (bicyclic) bond motifs is 2. The molecule has 0 bridgehead atoms. The second-order valence-corrected chi connectivity index (χ2v) is 6.02. The van der Waals surface area contributed by atoms with E-state index in [1.807, 2.05) is 36.5 Å². The molecule has 0 saturated heterocycles. The number of aromatic nitrogens is 1. The smallest absolute Gasteiger partial charge is 0.319 e. The number of carbonyl (C=O) groups is 1. The van der Waals surface area contributed by atoms with Gasteiger partial charge < -0.3 is 15.6 Å². The average molecular weight is 305 g/mol. The molecule has 3 N–H and O–H groups in total. The van der Waals surface area contributed by atoms with E-state index in [0.717, 1.165) is 35.9 Å². The SMILES string of the molecule is O=C(Nc1ccc2cc[nH]c2c1)NC1CCCc2ccccc21. The number of H-pyrrole nitrogens is 1. The number of benzene rings is 2. The van der Waals surface area contributed by atoms with Gasteiger partial charge in [0.05, 0.1) is 6.04 Å². The highest BCUT2D eigenvalue weighted by Gasteiger charge is 2.21. The second kappa shape index (κ2) is 5.80. The third-order valence-electron chi connectivity index (χ3n) is 4.49. The fraction of sp³-hybridized carbons (Fsp3) is 0.211. The van der Waals surface area contributed by atoms with E-state index in [2.05, 4.69) is 33.8 Å². The first-order valence-corrected chi connectivity index (χ1v) is 8.02. The highest BCUT2D eigenvalue weighted by Crippen LogP contribution is 2.29. The maximum absolute atomic E-state index is 12.3. The summed E-state index contributed by atoms with van der Waals surface area (Å²) in [4.78, 5) is 15.5. The minimum Gasteiger partial charge on any atom is -0.361 e. The van der Waals surface area contributed by atoms with Gasteiger partial charge >= 0.3 is 6.03 Å². The summed E-state index contributed by atoms with van der Waals surface area (Å²) in [5.41, 5.74) is 4.40. The number of aromatic amines is 1. The molecule has 23 heavy (non-hydrogen) atoms. The molecule has 1 atom stereocenters. The lowest BCUT2D eigenvalue weighted by molar-refractivity contribution is 0.247. The van der Waals surface area contributed by atoms with E-state index in [1.54, 1.807) is 0 Å². The van der Waals surface area contributed by atoms with Crippen molar-refractivity contribution in [3.05, 3.63) is 65.9 Å². The summed E-state index contributed by atoms with van der Waals surface area (Å²) in [6.07, 6.45) is 5.09. The number of aryl methyl sites for hydroxylation is 1. The lowest BCUT2D eigenvalue weighted by atomic mass is 9.88. The van der Waals surface area contributed by atoms with Crippen molar-refractivity contribution in [3.63, 3.8) is 0 Å². The number of rotatable bonds is 2. The Bertz CT molecular complexity index is 852. The van der Waals surface area contributed by atoms with Crippen LogP contribution in [-0.4, -0.2) is 11.0 Å². The van der Waals surface area contributed by atoms with Gasteiger partial charge in [-0.2, -0.15) is 0 Å². The molecule has 3 aromatic rings. The zero-order valence-corrected chi connectivity index (χ0v) is 12.8. The maximum Gasteiger partial charge on any atom is 0.319 e. The Morgan fingerprint density at radius 2 is 2.04 bits per heavy atom. The summed E-state index contributed by atoms with van der Waals surface area (Å²) >= 11 is 0. The van der Waals surface area contributed by atoms with Crippen molar-refractivity contribution in [1.82, 2.24) is 10.3 Å². The largest absolute Gasteiger partial charge is 0.361 e. The molecule has 4 nitrogen and oxygen atoms in total. The van der Waals surface area contributed by atoms with Gasteiger partial charge in [0.25, 0.3) is 0 Å². The zero-order chi connectivity index (χ0) is 15.6. The summed E-state index contributed by atoms with van der Waals surface area (Å²) in [7, 11) is 0. The van der Waals surface area contributed by atoms with Gasteiger partial charge in [-0.3, -0.25) is 0 Å². The van der Waals surface area contributed by atoms with E-state index >= 15 is 0 Å². The van der Waals surface area contributed by atoms with Gasteiger partial charge in [-0.1, -0.05) is 30.3 Å². The fourth-order valence-electron chi connectivity index (χ4n) is 3.35. The molecule has 1 aromatic heterocycles. The maximum atomic E-state index is 12.3. The Morgan fingerprint density at radius 3 is 3.00 bits per heavy atom. The van der Waals surface area contributed by atoms with Crippen molar-refractivity contribution in [2.45, 2.75) is 25.3 Å². The van der Waals surface area contributed by atoms with Crippen LogP contribution in [0.1, 0.15) is 30.0 Å². The Balaban J connectivity index is 1.48. The Morgan fingerprint density at radius 1 is 1.13 bits per heavy atom. The van der Waals surface area contributed by atoms with Crippen molar-refractivity contribution in [2.75, 3.05) is 5.32 Å². The van der Waals surface area contributed by atoms with E-state index in [-0.39, 0.29) is 12.1 Å². The molecule has 0 spiro atoms. The van der Waals surface area contributed by atoms with Gasteiger partial charge in [0.2, 0.25) is 0 Å². The first kappa shape index (κ1) is 13.9. The van der Waals surface area contributed by atoms with Crippen LogP contribution in [0.5, 0.6) is 0 Å². The van der Waals surface area contributed by atoms with Crippen LogP contribution in [0.25, 0.3) is 10.9 Å². The highest BCUT2D eigenvalue weighted by atomic mass is 16.2. The van der Waals surface area contributed by atoms with Crippen LogP contribution >= 0.6 is 0 Å². The third kappa shape index (κ3) is 2.80. The van der Waals surface area contributed by atoms with Crippen LogP contribution < -0.4 is 10.6 Å². The minimum atomic E-state index is -0.155. The molecule has 116 valence electrons. The Kier molecular flexibility index (Phi) is 3.50. The first-order chi connectivity index (χ1) is 11.3. The van der Waals surface area contributed by atoms with Crippen LogP contribution in [0.4, 0.5) is 10.5 Å². The Labute approximate surface area is 134 Å². The number of nitrogens with one attached hydrogen (secondary N) is 3. The summed E-state index contributed by atoms with van der Waals surface area (Å²) in [6, 6.07) is 16.2. The number of anilines is 1. The van der Waals surface area contributed by atoms with E-state index in [0.29, 0.717) is 0 Å². The number of urea groups is 1. The van der Waals surface area contributed by atoms with Crippen molar-refractivity contribution in [2.24, 2.45) is 0 Å².